The molecule has 4 unspecified atom stereocenters. The Morgan fingerprint density at radius 2 is 2.10 bits per heavy atom. The fourth-order valence-corrected chi connectivity index (χ4v) is 3.89. The molecule has 116 valence electrons. The lowest BCUT2D eigenvalue weighted by Gasteiger charge is -2.40. The maximum Gasteiger partial charge on any atom is 0.223 e. The predicted octanol–water partition coefficient (Wildman–Crippen LogP) is 2.20. The third kappa shape index (κ3) is 3.73. The van der Waals surface area contributed by atoms with Gasteiger partial charge in [-0.3, -0.25) is 4.79 Å². The fraction of sp³-hybridized carbons (Fsp3) is 0.938. The van der Waals surface area contributed by atoms with Crippen LogP contribution in [0.2, 0.25) is 0 Å². The molecule has 1 aliphatic heterocycles. The molecule has 0 radical (unpaired) electrons. The number of aliphatic hydroxyl groups is 1. The summed E-state index contributed by atoms with van der Waals surface area (Å²) in [6.07, 6.45) is 6.79. The van der Waals surface area contributed by atoms with Gasteiger partial charge in [-0.2, -0.15) is 0 Å². The normalized spacial score (nSPS) is 32.4. The quantitative estimate of drug-likeness (QED) is 0.841. The summed E-state index contributed by atoms with van der Waals surface area (Å²) >= 11 is 0. The van der Waals surface area contributed by atoms with Crippen molar-refractivity contribution in [1.82, 2.24) is 4.90 Å². The van der Waals surface area contributed by atoms with E-state index in [-0.39, 0.29) is 24.0 Å². The Labute approximate surface area is 122 Å². The molecule has 4 nitrogen and oxygen atoms in total. The molecule has 2 aliphatic rings. The van der Waals surface area contributed by atoms with E-state index in [0.29, 0.717) is 18.9 Å². The van der Waals surface area contributed by atoms with Gasteiger partial charge in [0, 0.05) is 38.6 Å². The zero-order chi connectivity index (χ0) is 14.5. The van der Waals surface area contributed by atoms with E-state index in [4.69, 9.17) is 4.74 Å². The van der Waals surface area contributed by atoms with Gasteiger partial charge in [-0.25, -0.2) is 0 Å². The molecule has 0 aromatic rings. The highest BCUT2D eigenvalue weighted by Gasteiger charge is 2.38. The largest absolute Gasteiger partial charge is 0.393 e. The maximum absolute atomic E-state index is 12.5. The number of methoxy groups -OCH3 is 1. The minimum absolute atomic E-state index is 0.204. The number of aliphatic hydroxyl groups excluding tert-OH is 1. The Hall–Kier alpha value is -0.610. The maximum atomic E-state index is 12.5. The first-order valence-corrected chi connectivity index (χ1v) is 8.10. The Balaban J connectivity index is 1.97. The van der Waals surface area contributed by atoms with Crippen LogP contribution in [0.15, 0.2) is 0 Å². The summed E-state index contributed by atoms with van der Waals surface area (Å²) < 4.78 is 5.12. The number of carbonyl (C=O) groups excluding carboxylic acids is 1. The number of hydrogen-bond donors (Lipinski definition) is 1. The van der Waals surface area contributed by atoms with Crippen LogP contribution in [0.25, 0.3) is 0 Å². The number of nitrogens with zero attached hydrogens (tertiary/aromatic N) is 1. The lowest BCUT2D eigenvalue weighted by molar-refractivity contribution is -0.138. The summed E-state index contributed by atoms with van der Waals surface area (Å²) in [5.41, 5.74) is 0. The first-order valence-electron chi connectivity index (χ1n) is 8.10. The van der Waals surface area contributed by atoms with Gasteiger partial charge >= 0.3 is 0 Å². The van der Waals surface area contributed by atoms with Crippen LogP contribution in [0.4, 0.5) is 0 Å². The molecule has 0 aromatic heterocycles. The highest BCUT2D eigenvalue weighted by molar-refractivity contribution is 5.77. The first-order chi connectivity index (χ1) is 9.63. The van der Waals surface area contributed by atoms with E-state index in [2.05, 4.69) is 11.8 Å². The topological polar surface area (TPSA) is 49.8 Å². The second-order valence-electron chi connectivity index (χ2n) is 6.58. The Morgan fingerprint density at radius 1 is 1.30 bits per heavy atom. The minimum Gasteiger partial charge on any atom is -0.393 e. The first kappa shape index (κ1) is 15.8. The number of likely N-dealkylation sites (tertiary alicyclic amines) is 1. The van der Waals surface area contributed by atoms with Gasteiger partial charge in [-0.1, -0.05) is 13.3 Å². The van der Waals surface area contributed by atoms with Gasteiger partial charge in [-0.15, -0.1) is 0 Å². The molecule has 1 saturated heterocycles. The summed E-state index contributed by atoms with van der Waals surface area (Å²) in [4.78, 5) is 14.6. The second kappa shape index (κ2) is 7.41. The average Bonchev–Trinajstić information content (AvgIpc) is 2.85. The molecule has 1 saturated carbocycles. The van der Waals surface area contributed by atoms with Crippen molar-refractivity contribution in [2.75, 3.05) is 20.3 Å². The van der Waals surface area contributed by atoms with Gasteiger partial charge in [-0.05, 0) is 38.0 Å². The van der Waals surface area contributed by atoms with Gasteiger partial charge in [0.05, 0.1) is 6.10 Å². The van der Waals surface area contributed by atoms with Gasteiger partial charge in [0.2, 0.25) is 5.91 Å². The molecule has 4 heteroatoms. The number of carbonyl (C=O) groups is 1. The zero-order valence-corrected chi connectivity index (χ0v) is 12.9. The van der Waals surface area contributed by atoms with Crippen molar-refractivity contribution in [3.05, 3.63) is 0 Å². The van der Waals surface area contributed by atoms with E-state index in [1.54, 1.807) is 7.11 Å². The summed E-state index contributed by atoms with van der Waals surface area (Å²) in [6, 6.07) is 0.267. The Bertz CT molecular complexity index is 321. The summed E-state index contributed by atoms with van der Waals surface area (Å²) in [5, 5.41) is 10.1. The van der Waals surface area contributed by atoms with Crippen LogP contribution >= 0.6 is 0 Å². The van der Waals surface area contributed by atoms with E-state index < -0.39 is 0 Å². The molecule has 0 spiro atoms. The third-order valence-electron chi connectivity index (χ3n) is 4.87. The summed E-state index contributed by atoms with van der Waals surface area (Å²) in [6.45, 7) is 3.56. The van der Waals surface area contributed by atoms with E-state index in [0.717, 1.165) is 38.6 Å². The molecule has 0 bridgehead atoms. The molecular weight excluding hydrogens is 254 g/mol. The standard InChI is InChI=1S/C16H29NO3/c1-12(11-20-2)10-16(19)17-9-4-3-7-14(17)13-6-5-8-15(13)18/h12-15,18H,3-11H2,1-2H3. The minimum atomic E-state index is -0.204. The zero-order valence-electron chi connectivity index (χ0n) is 12.9. The van der Waals surface area contributed by atoms with Gasteiger partial charge in [0.15, 0.2) is 0 Å². The lowest BCUT2D eigenvalue weighted by atomic mass is 9.87. The highest BCUT2D eigenvalue weighted by Crippen LogP contribution is 2.35. The second-order valence-corrected chi connectivity index (χ2v) is 6.58. The van der Waals surface area contributed by atoms with Crippen LogP contribution in [-0.4, -0.2) is 48.3 Å². The number of amides is 1. The van der Waals surface area contributed by atoms with E-state index in [1.165, 1.54) is 6.42 Å². The highest BCUT2D eigenvalue weighted by atomic mass is 16.5. The number of ether oxygens (including phenoxy) is 1. The van der Waals surface area contributed by atoms with Crippen molar-refractivity contribution in [1.29, 1.82) is 0 Å². The predicted molar refractivity (Wildman–Crippen MR) is 78.4 cm³/mol. The molecule has 2 fully saturated rings. The third-order valence-corrected chi connectivity index (χ3v) is 4.87. The lowest BCUT2D eigenvalue weighted by Crippen LogP contribution is -2.49. The van der Waals surface area contributed by atoms with Crippen molar-refractivity contribution >= 4 is 5.91 Å². The summed E-state index contributed by atoms with van der Waals surface area (Å²) in [7, 11) is 1.68. The van der Waals surface area contributed by atoms with Crippen LogP contribution < -0.4 is 0 Å². The van der Waals surface area contributed by atoms with Crippen molar-refractivity contribution in [3.63, 3.8) is 0 Å². The molecule has 4 atom stereocenters. The molecule has 1 N–H and O–H groups in total. The van der Waals surface area contributed by atoms with E-state index in [1.807, 2.05) is 0 Å². The molecule has 0 aromatic carbocycles. The molecule has 1 amide bonds. The SMILES string of the molecule is COCC(C)CC(=O)N1CCCCC1C1CCCC1O. The van der Waals surface area contributed by atoms with Crippen molar-refractivity contribution in [2.24, 2.45) is 11.8 Å². The van der Waals surface area contributed by atoms with Crippen LogP contribution in [0.3, 0.4) is 0 Å². The van der Waals surface area contributed by atoms with Gasteiger partial charge in [0.25, 0.3) is 0 Å². The Morgan fingerprint density at radius 3 is 2.75 bits per heavy atom. The van der Waals surface area contributed by atoms with Gasteiger partial charge < -0.3 is 14.7 Å². The van der Waals surface area contributed by atoms with E-state index >= 15 is 0 Å². The number of piperidine rings is 1. The number of hydrogen-bond acceptors (Lipinski definition) is 3. The van der Waals surface area contributed by atoms with Crippen LogP contribution in [-0.2, 0) is 9.53 Å². The monoisotopic (exact) mass is 283 g/mol. The smallest absolute Gasteiger partial charge is 0.223 e. The van der Waals surface area contributed by atoms with Crippen molar-refractivity contribution < 1.29 is 14.6 Å². The van der Waals surface area contributed by atoms with E-state index in [9.17, 15) is 9.90 Å². The number of rotatable bonds is 5. The molecule has 1 heterocycles. The summed E-state index contributed by atoms with van der Waals surface area (Å²) in [5.74, 6) is 0.818. The van der Waals surface area contributed by atoms with Crippen molar-refractivity contribution in [3.8, 4) is 0 Å². The van der Waals surface area contributed by atoms with Crippen molar-refractivity contribution in [2.45, 2.75) is 64.0 Å². The van der Waals surface area contributed by atoms with Crippen LogP contribution in [0.5, 0.6) is 0 Å². The molecule has 2 rings (SSSR count). The van der Waals surface area contributed by atoms with Gasteiger partial charge in [0.1, 0.15) is 0 Å². The fourth-order valence-electron chi connectivity index (χ4n) is 3.89. The average molecular weight is 283 g/mol. The Kier molecular flexibility index (Phi) is 5.85. The molecule has 20 heavy (non-hydrogen) atoms. The molecular formula is C16H29NO3. The molecule has 1 aliphatic carbocycles. The van der Waals surface area contributed by atoms with Crippen LogP contribution in [0, 0.1) is 11.8 Å². The van der Waals surface area contributed by atoms with Crippen LogP contribution in [0.1, 0.15) is 51.9 Å².